The van der Waals surface area contributed by atoms with Crippen LogP contribution in [0.1, 0.15) is 11.4 Å². The van der Waals surface area contributed by atoms with Crippen LogP contribution in [0.5, 0.6) is 11.5 Å². The molecule has 3 aromatic rings. The number of hydrogen-bond acceptors (Lipinski definition) is 6. The van der Waals surface area contributed by atoms with Gasteiger partial charge in [0.05, 0.1) is 5.56 Å². The fraction of sp³-hybridized carbons (Fsp3) is 0.105. The first-order valence-electron chi connectivity index (χ1n) is 7.98. The largest absolute Gasteiger partial charge is 0.573 e. The van der Waals surface area contributed by atoms with Gasteiger partial charge in [-0.25, -0.2) is 9.97 Å². The summed E-state index contributed by atoms with van der Waals surface area (Å²) in [6.45, 7) is -0.0488. The van der Waals surface area contributed by atoms with Gasteiger partial charge in [-0.3, -0.25) is 5.41 Å². The van der Waals surface area contributed by atoms with Gasteiger partial charge in [-0.2, -0.15) is 0 Å². The highest BCUT2D eigenvalue weighted by atomic mass is 19.4. The molecule has 0 atom stereocenters. The van der Waals surface area contributed by atoms with Crippen molar-refractivity contribution in [2.75, 3.05) is 0 Å². The average molecular weight is 389 g/mol. The van der Waals surface area contributed by atoms with Gasteiger partial charge in [0, 0.05) is 12.4 Å². The van der Waals surface area contributed by atoms with E-state index in [0.29, 0.717) is 17.0 Å². The first-order valence-corrected chi connectivity index (χ1v) is 7.98. The molecular formula is C19H14F3N3O3. The first kappa shape index (κ1) is 19.2. The number of aromatic nitrogens is 2. The van der Waals surface area contributed by atoms with E-state index in [-0.39, 0.29) is 29.6 Å². The van der Waals surface area contributed by atoms with Gasteiger partial charge in [0.1, 0.15) is 18.1 Å². The van der Waals surface area contributed by atoms with Crippen molar-refractivity contribution in [1.29, 1.82) is 5.41 Å². The van der Waals surface area contributed by atoms with Crippen molar-refractivity contribution in [2.45, 2.75) is 13.0 Å². The Morgan fingerprint density at radius 2 is 1.64 bits per heavy atom. The molecule has 0 fully saturated rings. The smallest absolute Gasteiger partial charge is 0.507 e. The summed E-state index contributed by atoms with van der Waals surface area (Å²) in [7, 11) is 0. The summed E-state index contributed by atoms with van der Waals surface area (Å²) in [4.78, 5) is 7.96. The summed E-state index contributed by atoms with van der Waals surface area (Å²) in [6.07, 6.45) is -1.68. The molecule has 0 bridgehead atoms. The standard InChI is InChI=1S/C19H14F3N3O3/c20-19(21,22)28-14-5-2-12(3-6-14)13-4-7-16(26)15(10-13)18(23)27-11-17-24-8-1-9-25-17/h1-10,23,26H,11H2. The van der Waals surface area contributed by atoms with Crippen LogP contribution in [0.4, 0.5) is 13.2 Å². The van der Waals surface area contributed by atoms with Crippen LogP contribution in [0.2, 0.25) is 0 Å². The Morgan fingerprint density at radius 3 is 2.29 bits per heavy atom. The maximum Gasteiger partial charge on any atom is 0.573 e. The lowest BCUT2D eigenvalue weighted by atomic mass is 10.0. The van der Waals surface area contributed by atoms with Crippen LogP contribution in [0.25, 0.3) is 11.1 Å². The molecule has 0 aliphatic rings. The third-order valence-electron chi connectivity index (χ3n) is 3.63. The second-order valence-electron chi connectivity index (χ2n) is 5.59. The number of alkyl halides is 3. The fourth-order valence-corrected chi connectivity index (χ4v) is 2.37. The highest BCUT2D eigenvalue weighted by Crippen LogP contribution is 2.29. The van der Waals surface area contributed by atoms with Crippen molar-refractivity contribution in [3.63, 3.8) is 0 Å². The molecule has 0 aliphatic heterocycles. The minimum atomic E-state index is -4.76. The number of nitrogens with zero attached hydrogens (tertiary/aromatic N) is 2. The molecule has 0 saturated heterocycles. The molecule has 0 amide bonds. The Balaban J connectivity index is 1.76. The zero-order valence-corrected chi connectivity index (χ0v) is 14.3. The van der Waals surface area contributed by atoms with Crippen LogP contribution in [-0.2, 0) is 11.3 Å². The van der Waals surface area contributed by atoms with E-state index in [1.165, 1.54) is 36.4 Å². The van der Waals surface area contributed by atoms with E-state index >= 15 is 0 Å². The molecule has 2 aromatic carbocycles. The minimum absolute atomic E-state index is 0.0488. The van der Waals surface area contributed by atoms with Crippen molar-refractivity contribution >= 4 is 5.90 Å². The summed E-state index contributed by atoms with van der Waals surface area (Å²) in [5, 5.41) is 18.1. The van der Waals surface area contributed by atoms with Crippen LogP contribution < -0.4 is 4.74 Å². The lowest BCUT2D eigenvalue weighted by Gasteiger charge is -2.12. The predicted molar refractivity (Wildman–Crippen MR) is 93.9 cm³/mol. The topological polar surface area (TPSA) is 88.3 Å². The van der Waals surface area contributed by atoms with E-state index in [2.05, 4.69) is 14.7 Å². The third kappa shape index (κ3) is 4.97. The van der Waals surface area contributed by atoms with E-state index in [9.17, 15) is 18.3 Å². The van der Waals surface area contributed by atoms with Crippen LogP contribution in [0.15, 0.2) is 60.9 Å². The quantitative estimate of drug-likeness (QED) is 0.502. The summed E-state index contributed by atoms with van der Waals surface area (Å²) in [5.74, 6) is -0.416. The van der Waals surface area contributed by atoms with Gasteiger partial charge in [-0.05, 0) is 41.5 Å². The molecule has 1 heterocycles. The van der Waals surface area contributed by atoms with Crippen LogP contribution in [0.3, 0.4) is 0 Å². The summed E-state index contributed by atoms with van der Waals surface area (Å²) < 4.78 is 45.9. The SMILES string of the molecule is N=C(OCc1ncccn1)c1cc(-c2ccc(OC(F)(F)F)cc2)ccc1O. The van der Waals surface area contributed by atoms with Gasteiger partial charge in [0.25, 0.3) is 0 Å². The van der Waals surface area contributed by atoms with E-state index < -0.39 is 6.36 Å². The molecule has 3 rings (SSSR count). The van der Waals surface area contributed by atoms with Gasteiger partial charge in [-0.1, -0.05) is 18.2 Å². The monoisotopic (exact) mass is 389 g/mol. The normalized spacial score (nSPS) is 11.1. The van der Waals surface area contributed by atoms with Gasteiger partial charge in [0.15, 0.2) is 5.82 Å². The molecule has 0 spiro atoms. The third-order valence-corrected chi connectivity index (χ3v) is 3.63. The van der Waals surface area contributed by atoms with Crippen LogP contribution >= 0.6 is 0 Å². The number of phenolic OH excluding ortho intramolecular Hbond substituents is 1. The molecule has 0 unspecified atom stereocenters. The number of phenols is 1. The lowest BCUT2D eigenvalue weighted by molar-refractivity contribution is -0.274. The minimum Gasteiger partial charge on any atom is -0.507 e. The van der Waals surface area contributed by atoms with Crippen molar-refractivity contribution in [2.24, 2.45) is 0 Å². The summed E-state index contributed by atoms with van der Waals surface area (Å²) in [6, 6.07) is 11.4. The number of hydrogen-bond donors (Lipinski definition) is 2. The number of ether oxygens (including phenoxy) is 2. The molecule has 1 aromatic heterocycles. The number of aromatic hydroxyl groups is 1. The summed E-state index contributed by atoms with van der Waals surface area (Å²) in [5.41, 5.74) is 1.29. The molecule has 6 nitrogen and oxygen atoms in total. The zero-order valence-electron chi connectivity index (χ0n) is 14.3. The van der Waals surface area contributed by atoms with Crippen molar-refractivity contribution in [3.8, 4) is 22.6 Å². The Hall–Kier alpha value is -3.62. The molecule has 28 heavy (non-hydrogen) atoms. The van der Waals surface area contributed by atoms with E-state index in [1.54, 1.807) is 24.5 Å². The zero-order chi connectivity index (χ0) is 20.1. The number of nitrogens with one attached hydrogen (secondary N) is 1. The van der Waals surface area contributed by atoms with Gasteiger partial charge in [0.2, 0.25) is 5.90 Å². The van der Waals surface area contributed by atoms with Gasteiger partial charge < -0.3 is 14.6 Å². The highest BCUT2D eigenvalue weighted by molar-refractivity contribution is 5.95. The lowest BCUT2D eigenvalue weighted by Crippen LogP contribution is -2.16. The van der Waals surface area contributed by atoms with Gasteiger partial charge in [-0.15, -0.1) is 13.2 Å². The summed E-state index contributed by atoms with van der Waals surface area (Å²) >= 11 is 0. The highest BCUT2D eigenvalue weighted by Gasteiger charge is 2.30. The number of benzene rings is 2. The fourth-order valence-electron chi connectivity index (χ4n) is 2.37. The Kier molecular flexibility index (Phi) is 5.44. The van der Waals surface area contributed by atoms with E-state index in [1.807, 2.05) is 0 Å². The Morgan fingerprint density at radius 1 is 1.00 bits per heavy atom. The van der Waals surface area contributed by atoms with Gasteiger partial charge >= 0.3 is 6.36 Å². The maximum absolute atomic E-state index is 12.2. The second-order valence-corrected chi connectivity index (χ2v) is 5.59. The molecule has 0 saturated carbocycles. The maximum atomic E-state index is 12.2. The molecule has 9 heteroatoms. The second kappa shape index (κ2) is 7.95. The van der Waals surface area contributed by atoms with E-state index in [0.717, 1.165) is 0 Å². The molecular weight excluding hydrogens is 375 g/mol. The van der Waals surface area contributed by atoms with Crippen LogP contribution in [-0.4, -0.2) is 27.3 Å². The molecule has 0 aliphatic carbocycles. The molecule has 144 valence electrons. The first-order chi connectivity index (χ1) is 13.3. The Bertz CT molecular complexity index is 962. The van der Waals surface area contributed by atoms with Crippen molar-refractivity contribution < 1.29 is 27.8 Å². The van der Waals surface area contributed by atoms with Crippen molar-refractivity contribution in [3.05, 3.63) is 72.3 Å². The van der Waals surface area contributed by atoms with E-state index in [4.69, 9.17) is 10.1 Å². The van der Waals surface area contributed by atoms with Crippen molar-refractivity contribution in [1.82, 2.24) is 9.97 Å². The van der Waals surface area contributed by atoms with Crippen LogP contribution in [0, 0.1) is 5.41 Å². The Labute approximate surface area is 157 Å². The molecule has 2 N–H and O–H groups in total. The predicted octanol–water partition coefficient (Wildman–Crippen LogP) is 4.29. The number of rotatable bonds is 5. The number of halogens is 3. The molecule has 0 radical (unpaired) electrons. The average Bonchev–Trinajstić information content (AvgIpc) is 2.67.